The predicted molar refractivity (Wildman–Crippen MR) is 56.5 cm³/mol. The number of aromatic hydroxyl groups is 2. The highest BCUT2D eigenvalue weighted by Crippen LogP contribution is 2.24. The van der Waals surface area contributed by atoms with Crippen LogP contribution in [0, 0.1) is 0 Å². The average Bonchev–Trinajstić information content (AvgIpc) is 2.00. The van der Waals surface area contributed by atoms with Gasteiger partial charge in [0.2, 0.25) is 0 Å². The molecule has 1 aromatic carbocycles. The number of phenolic OH excluding ortho intramolecular Hbond substituents is 2. The number of hydrogen-bond acceptors (Lipinski definition) is 3. The van der Waals surface area contributed by atoms with Gasteiger partial charge in [-0.1, -0.05) is 13.8 Å². The minimum atomic E-state index is 0.0948. The first kappa shape index (κ1) is 10.9. The molecule has 1 aromatic rings. The maximum Gasteiger partial charge on any atom is 0.119 e. The van der Waals surface area contributed by atoms with Crippen molar-refractivity contribution in [2.45, 2.75) is 32.9 Å². The second-order valence-corrected chi connectivity index (χ2v) is 3.83. The molecule has 1 atom stereocenters. The second-order valence-electron chi connectivity index (χ2n) is 3.83. The molecule has 0 aliphatic rings. The van der Waals surface area contributed by atoms with Gasteiger partial charge in [-0.05, 0) is 24.6 Å². The van der Waals surface area contributed by atoms with Crippen molar-refractivity contribution in [1.82, 2.24) is 5.32 Å². The molecule has 0 radical (unpaired) electrons. The first-order valence-electron chi connectivity index (χ1n) is 4.78. The van der Waals surface area contributed by atoms with E-state index in [2.05, 4.69) is 19.2 Å². The van der Waals surface area contributed by atoms with Gasteiger partial charge >= 0.3 is 0 Å². The first-order chi connectivity index (χ1) is 6.49. The predicted octanol–water partition coefficient (Wildman–Crippen LogP) is 2.16. The number of benzene rings is 1. The van der Waals surface area contributed by atoms with E-state index in [9.17, 15) is 10.2 Å². The monoisotopic (exact) mass is 195 g/mol. The molecule has 1 unspecified atom stereocenters. The van der Waals surface area contributed by atoms with E-state index >= 15 is 0 Å². The van der Waals surface area contributed by atoms with Crippen LogP contribution in [0.4, 0.5) is 0 Å². The lowest BCUT2D eigenvalue weighted by molar-refractivity contribution is 0.443. The van der Waals surface area contributed by atoms with E-state index in [1.165, 1.54) is 6.07 Å². The molecular formula is C11H17NO2. The largest absolute Gasteiger partial charge is 0.508 e. The Morgan fingerprint density at radius 2 is 1.50 bits per heavy atom. The summed E-state index contributed by atoms with van der Waals surface area (Å²) in [5.74, 6) is 0.190. The molecule has 78 valence electrons. The maximum atomic E-state index is 9.29. The molecule has 0 amide bonds. The molecule has 0 saturated heterocycles. The Labute approximate surface area is 84.4 Å². The van der Waals surface area contributed by atoms with Gasteiger partial charge in [0, 0.05) is 18.2 Å². The van der Waals surface area contributed by atoms with Crippen molar-refractivity contribution in [1.29, 1.82) is 0 Å². The second kappa shape index (κ2) is 4.33. The fourth-order valence-electron chi connectivity index (χ4n) is 1.46. The van der Waals surface area contributed by atoms with Crippen LogP contribution in [0.2, 0.25) is 0 Å². The van der Waals surface area contributed by atoms with Crippen LogP contribution in [0.15, 0.2) is 18.2 Å². The van der Waals surface area contributed by atoms with Gasteiger partial charge in [0.1, 0.15) is 11.5 Å². The molecule has 3 N–H and O–H groups in total. The lowest BCUT2D eigenvalue weighted by atomic mass is 10.1. The lowest BCUT2D eigenvalue weighted by Crippen LogP contribution is -2.25. The molecular weight excluding hydrogens is 178 g/mol. The van der Waals surface area contributed by atoms with Crippen LogP contribution in [0.3, 0.4) is 0 Å². The highest BCUT2D eigenvalue weighted by Gasteiger charge is 2.08. The topological polar surface area (TPSA) is 52.5 Å². The van der Waals surface area contributed by atoms with E-state index in [-0.39, 0.29) is 17.5 Å². The molecule has 0 aliphatic heterocycles. The highest BCUT2D eigenvalue weighted by molar-refractivity contribution is 5.37. The summed E-state index contributed by atoms with van der Waals surface area (Å²) in [7, 11) is 0. The number of phenols is 2. The smallest absolute Gasteiger partial charge is 0.119 e. The van der Waals surface area contributed by atoms with Crippen LogP contribution in [0.1, 0.15) is 32.4 Å². The first-order valence-corrected chi connectivity index (χ1v) is 4.78. The van der Waals surface area contributed by atoms with Crippen molar-refractivity contribution >= 4 is 0 Å². The van der Waals surface area contributed by atoms with Gasteiger partial charge in [-0.3, -0.25) is 0 Å². The van der Waals surface area contributed by atoms with Crippen LogP contribution in [0.5, 0.6) is 11.5 Å². The normalized spacial score (nSPS) is 13.1. The van der Waals surface area contributed by atoms with Gasteiger partial charge in [-0.15, -0.1) is 0 Å². The molecule has 0 fully saturated rings. The highest BCUT2D eigenvalue weighted by atomic mass is 16.3. The van der Waals surface area contributed by atoms with Crippen LogP contribution >= 0.6 is 0 Å². The van der Waals surface area contributed by atoms with Gasteiger partial charge in [-0.2, -0.15) is 0 Å². The molecule has 0 saturated carbocycles. The van der Waals surface area contributed by atoms with E-state index in [1.54, 1.807) is 12.1 Å². The quantitative estimate of drug-likeness (QED) is 0.692. The fraction of sp³-hybridized carbons (Fsp3) is 0.455. The summed E-state index contributed by atoms with van der Waals surface area (Å²) in [4.78, 5) is 0. The number of rotatable bonds is 3. The van der Waals surface area contributed by atoms with E-state index < -0.39 is 0 Å². The summed E-state index contributed by atoms with van der Waals surface area (Å²) in [5.41, 5.74) is 0.885. The third kappa shape index (κ3) is 2.92. The van der Waals surface area contributed by atoms with Crippen LogP contribution in [-0.4, -0.2) is 16.3 Å². The molecule has 0 aromatic heterocycles. The molecule has 0 aliphatic carbocycles. The Kier molecular flexibility index (Phi) is 3.36. The van der Waals surface area contributed by atoms with Crippen LogP contribution in [-0.2, 0) is 0 Å². The molecule has 3 nitrogen and oxygen atoms in total. The van der Waals surface area contributed by atoms with Gasteiger partial charge in [0.15, 0.2) is 0 Å². The van der Waals surface area contributed by atoms with Gasteiger partial charge in [0.05, 0.1) is 0 Å². The van der Waals surface area contributed by atoms with Crippen molar-refractivity contribution in [3.8, 4) is 11.5 Å². The Morgan fingerprint density at radius 3 is 1.93 bits per heavy atom. The van der Waals surface area contributed by atoms with E-state index in [1.807, 2.05) is 6.92 Å². The zero-order valence-corrected chi connectivity index (χ0v) is 8.78. The molecule has 3 heteroatoms. The average molecular weight is 195 g/mol. The molecule has 0 spiro atoms. The van der Waals surface area contributed by atoms with Crippen LogP contribution < -0.4 is 5.32 Å². The SMILES string of the molecule is CC(C)NC(C)c1cc(O)cc(O)c1. The minimum Gasteiger partial charge on any atom is -0.508 e. The number of hydrogen-bond donors (Lipinski definition) is 3. The van der Waals surface area contributed by atoms with Crippen LogP contribution in [0.25, 0.3) is 0 Å². The third-order valence-electron chi connectivity index (χ3n) is 2.01. The molecule has 0 heterocycles. The maximum absolute atomic E-state index is 9.29. The summed E-state index contributed by atoms with van der Waals surface area (Å²) in [6.07, 6.45) is 0. The summed E-state index contributed by atoms with van der Waals surface area (Å²) >= 11 is 0. The van der Waals surface area contributed by atoms with E-state index in [0.29, 0.717) is 6.04 Å². The Morgan fingerprint density at radius 1 is 1.00 bits per heavy atom. The fourth-order valence-corrected chi connectivity index (χ4v) is 1.46. The van der Waals surface area contributed by atoms with Crippen molar-refractivity contribution in [2.75, 3.05) is 0 Å². The minimum absolute atomic E-state index is 0.0948. The van der Waals surface area contributed by atoms with Gasteiger partial charge in [0.25, 0.3) is 0 Å². The van der Waals surface area contributed by atoms with E-state index in [0.717, 1.165) is 5.56 Å². The van der Waals surface area contributed by atoms with Crippen molar-refractivity contribution in [2.24, 2.45) is 0 Å². The van der Waals surface area contributed by atoms with Crippen molar-refractivity contribution in [3.63, 3.8) is 0 Å². The van der Waals surface area contributed by atoms with Crippen molar-refractivity contribution in [3.05, 3.63) is 23.8 Å². The standard InChI is InChI=1S/C11H17NO2/c1-7(2)12-8(3)9-4-10(13)6-11(14)5-9/h4-8,12-14H,1-3H3. The number of nitrogens with one attached hydrogen (secondary N) is 1. The summed E-state index contributed by atoms with van der Waals surface area (Å²) < 4.78 is 0. The summed E-state index contributed by atoms with van der Waals surface area (Å²) in [6, 6.07) is 5.12. The van der Waals surface area contributed by atoms with Crippen molar-refractivity contribution < 1.29 is 10.2 Å². The van der Waals surface area contributed by atoms with E-state index in [4.69, 9.17) is 0 Å². The Bertz CT molecular complexity index is 290. The zero-order chi connectivity index (χ0) is 10.7. The third-order valence-corrected chi connectivity index (χ3v) is 2.01. The summed E-state index contributed by atoms with van der Waals surface area (Å²) in [6.45, 7) is 6.10. The van der Waals surface area contributed by atoms with Gasteiger partial charge in [-0.25, -0.2) is 0 Å². The Hall–Kier alpha value is -1.22. The molecule has 14 heavy (non-hydrogen) atoms. The molecule has 1 rings (SSSR count). The Balaban J connectivity index is 2.84. The zero-order valence-electron chi connectivity index (χ0n) is 8.78. The van der Waals surface area contributed by atoms with Gasteiger partial charge < -0.3 is 15.5 Å². The summed E-state index contributed by atoms with van der Waals surface area (Å²) in [5, 5.41) is 21.9. The molecule has 0 bridgehead atoms. The lowest BCUT2D eigenvalue weighted by Gasteiger charge is -2.17.